The second-order valence-corrected chi connectivity index (χ2v) is 8.56. The molecular formula is C25H17ClN6OS. The Morgan fingerprint density at radius 1 is 0.971 bits per heavy atom. The summed E-state index contributed by atoms with van der Waals surface area (Å²) < 4.78 is 0. The van der Waals surface area contributed by atoms with E-state index in [1.807, 2.05) is 66.7 Å². The largest absolute Gasteiger partial charge is 0.331 e. The molecule has 7 nitrogen and oxygen atoms in total. The van der Waals surface area contributed by atoms with Gasteiger partial charge in [0.25, 0.3) is 5.91 Å². The minimum Gasteiger partial charge on any atom is -0.331 e. The van der Waals surface area contributed by atoms with E-state index >= 15 is 0 Å². The zero-order chi connectivity index (χ0) is 23.3. The molecule has 0 spiro atoms. The maximum Gasteiger partial charge on any atom is 0.272 e. The van der Waals surface area contributed by atoms with Crippen LogP contribution >= 0.6 is 22.9 Å². The van der Waals surface area contributed by atoms with Gasteiger partial charge in [-0.3, -0.25) is 9.78 Å². The number of aromatic nitrogens is 3. The van der Waals surface area contributed by atoms with Gasteiger partial charge in [-0.05, 0) is 36.4 Å². The van der Waals surface area contributed by atoms with Crippen LogP contribution < -0.4 is 10.7 Å². The number of anilines is 2. The summed E-state index contributed by atoms with van der Waals surface area (Å²) in [5, 5.41) is 8.97. The summed E-state index contributed by atoms with van der Waals surface area (Å²) in [4.78, 5) is 26.7. The summed E-state index contributed by atoms with van der Waals surface area (Å²) in [6.07, 6.45) is 4.87. The summed E-state index contributed by atoms with van der Waals surface area (Å²) in [7, 11) is 0. The molecule has 0 atom stereocenters. The summed E-state index contributed by atoms with van der Waals surface area (Å²) in [5.41, 5.74) is 6.23. The van der Waals surface area contributed by atoms with Gasteiger partial charge in [0.1, 0.15) is 0 Å². The van der Waals surface area contributed by atoms with Crippen LogP contribution in [0.2, 0.25) is 5.15 Å². The van der Waals surface area contributed by atoms with Gasteiger partial charge in [-0.2, -0.15) is 5.10 Å². The van der Waals surface area contributed by atoms with Crippen molar-refractivity contribution >= 4 is 56.8 Å². The number of pyridine rings is 2. The number of halogens is 1. The predicted molar refractivity (Wildman–Crippen MR) is 137 cm³/mol. The number of nitrogens with one attached hydrogen (secondary N) is 2. The molecule has 5 aromatic rings. The van der Waals surface area contributed by atoms with Crippen molar-refractivity contribution in [1.29, 1.82) is 0 Å². The Labute approximate surface area is 204 Å². The van der Waals surface area contributed by atoms with Crippen molar-refractivity contribution in [2.75, 3.05) is 5.32 Å². The first kappa shape index (κ1) is 21.7. The zero-order valence-electron chi connectivity index (χ0n) is 17.6. The molecule has 0 aliphatic carbocycles. The highest BCUT2D eigenvalue weighted by molar-refractivity contribution is 7.17. The molecule has 0 aliphatic rings. The van der Waals surface area contributed by atoms with E-state index in [1.165, 1.54) is 17.6 Å². The number of benzene rings is 2. The highest BCUT2D eigenvalue weighted by atomic mass is 35.5. The lowest BCUT2D eigenvalue weighted by Gasteiger charge is -2.08. The lowest BCUT2D eigenvalue weighted by atomic mass is 10.0. The van der Waals surface area contributed by atoms with E-state index in [1.54, 1.807) is 18.5 Å². The van der Waals surface area contributed by atoms with Crippen LogP contribution in [-0.2, 0) is 0 Å². The maximum absolute atomic E-state index is 13.0. The molecule has 0 bridgehead atoms. The first-order valence-electron chi connectivity index (χ1n) is 10.3. The van der Waals surface area contributed by atoms with Crippen molar-refractivity contribution in [1.82, 2.24) is 20.4 Å². The number of fused-ring (bicyclic) bond motifs is 1. The molecule has 2 aromatic carbocycles. The van der Waals surface area contributed by atoms with Crippen LogP contribution in [0.3, 0.4) is 0 Å². The minimum absolute atomic E-state index is 0.302. The number of amides is 1. The normalized spacial score (nSPS) is 11.1. The Morgan fingerprint density at radius 2 is 1.74 bits per heavy atom. The maximum atomic E-state index is 13.0. The SMILES string of the molecule is O=C(NN=Cc1sc(Nc2ccccc2)nc1Cl)c1cc(-c2ccncc2)nc2ccccc12. The lowest BCUT2D eigenvalue weighted by molar-refractivity contribution is 0.0956. The first-order chi connectivity index (χ1) is 16.7. The van der Waals surface area contributed by atoms with E-state index in [4.69, 9.17) is 11.6 Å². The van der Waals surface area contributed by atoms with E-state index in [-0.39, 0.29) is 5.91 Å². The topological polar surface area (TPSA) is 92.2 Å². The molecular weight excluding hydrogens is 468 g/mol. The van der Waals surface area contributed by atoms with Crippen molar-refractivity contribution in [3.8, 4) is 11.3 Å². The Balaban J connectivity index is 1.37. The van der Waals surface area contributed by atoms with Crippen LogP contribution in [0, 0.1) is 0 Å². The monoisotopic (exact) mass is 484 g/mol. The van der Waals surface area contributed by atoms with Crippen LogP contribution in [0.5, 0.6) is 0 Å². The molecule has 0 saturated carbocycles. The summed E-state index contributed by atoms with van der Waals surface area (Å²) in [6.45, 7) is 0. The number of carbonyl (C=O) groups excluding carboxylic acids is 1. The summed E-state index contributed by atoms with van der Waals surface area (Å²) in [5.74, 6) is -0.353. The minimum atomic E-state index is -0.353. The highest BCUT2D eigenvalue weighted by Gasteiger charge is 2.14. The number of hydrogen-bond donors (Lipinski definition) is 2. The van der Waals surface area contributed by atoms with Gasteiger partial charge >= 0.3 is 0 Å². The molecule has 0 aliphatic heterocycles. The lowest BCUT2D eigenvalue weighted by Crippen LogP contribution is -2.18. The van der Waals surface area contributed by atoms with Crippen molar-refractivity contribution in [3.05, 3.63) is 101 Å². The average Bonchev–Trinajstić information content (AvgIpc) is 3.22. The number of hydrogen-bond acceptors (Lipinski definition) is 7. The van der Waals surface area contributed by atoms with Crippen LogP contribution in [0.1, 0.15) is 15.2 Å². The molecule has 34 heavy (non-hydrogen) atoms. The van der Waals surface area contributed by atoms with Crippen LogP contribution in [0.15, 0.2) is 90.3 Å². The van der Waals surface area contributed by atoms with Gasteiger partial charge < -0.3 is 5.32 Å². The molecule has 5 rings (SSSR count). The number of nitrogens with zero attached hydrogens (tertiary/aromatic N) is 4. The Bertz CT molecular complexity index is 1490. The average molecular weight is 485 g/mol. The molecule has 0 fully saturated rings. The van der Waals surface area contributed by atoms with Gasteiger partial charge in [0, 0.05) is 29.0 Å². The van der Waals surface area contributed by atoms with Gasteiger partial charge in [-0.25, -0.2) is 15.4 Å². The number of para-hydroxylation sites is 2. The van der Waals surface area contributed by atoms with Crippen LogP contribution in [-0.4, -0.2) is 27.1 Å². The van der Waals surface area contributed by atoms with Crippen molar-refractivity contribution < 1.29 is 4.79 Å². The highest BCUT2D eigenvalue weighted by Crippen LogP contribution is 2.28. The fraction of sp³-hybridized carbons (Fsp3) is 0. The van der Waals surface area contributed by atoms with Gasteiger partial charge in [-0.15, -0.1) is 0 Å². The second-order valence-electron chi connectivity index (χ2n) is 7.17. The molecule has 166 valence electrons. The molecule has 0 saturated heterocycles. The fourth-order valence-corrected chi connectivity index (χ4v) is 4.38. The van der Waals surface area contributed by atoms with E-state index in [9.17, 15) is 4.79 Å². The van der Waals surface area contributed by atoms with E-state index in [0.29, 0.717) is 31.9 Å². The first-order valence-corrected chi connectivity index (χ1v) is 11.5. The van der Waals surface area contributed by atoms with Gasteiger partial charge in [0.2, 0.25) is 0 Å². The van der Waals surface area contributed by atoms with Crippen LogP contribution in [0.25, 0.3) is 22.2 Å². The van der Waals surface area contributed by atoms with Gasteiger partial charge in [0.15, 0.2) is 10.3 Å². The standard InChI is InChI=1S/C25H17ClN6OS/c26-23-22(34-25(31-23)29-17-6-2-1-3-7-17)15-28-32-24(33)19-14-21(16-10-12-27-13-11-16)30-20-9-5-4-8-18(19)20/h1-15H,(H,29,31)(H,32,33). The van der Waals surface area contributed by atoms with Crippen molar-refractivity contribution in [2.45, 2.75) is 0 Å². The quantitative estimate of drug-likeness (QED) is 0.231. The van der Waals surface area contributed by atoms with E-state index in [0.717, 1.165) is 16.6 Å². The van der Waals surface area contributed by atoms with Crippen molar-refractivity contribution in [2.24, 2.45) is 5.10 Å². The van der Waals surface area contributed by atoms with E-state index < -0.39 is 0 Å². The summed E-state index contributed by atoms with van der Waals surface area (Å²) in [6, 6.07) is 22.6. The zero-order valence-corrected chi connectivity index (χ0v) is 19.2. The predicted octanol–water partition coefficient (Wildman–Crippen LogP) is 5.91. The molecule has 0 unspecified atom stereocenters. The third-order valence-electron chi connectivity index (χ3n) is 4.92. The number of rotatable bonds is 6. The molecule has 1 amide bonds. The number of thiazole rings is 1. The molecule has 9 heteroatoms. The molecule has 2 N–H and O–H groups in total. The smallest absolute Gasteiger partial charge is 0.272 e. The van der Waals surface area contributed by atoms with Gasteiger partial charge in [0.05, 0.1) is 27.9 Å². The molecule has 3 aromatic heterocycles. The van der Waals surface area contributed by atoms with Gasteiger partial charge in [-0.1, -0.05) is 59.3 Å². The fourth-order valence-electron chi connectivity index (χ4n) is 3.33. The second kappa shape index (κ2) is 9.78. The Kier molecular flexibility index (Phi) is 6.24. The molecule has 0 radical (unpaired) electrons. The van der Waals surface area contributed by atoms with E-state index in [2.05, 4.69) is 30.8 Å². The molecule has 3 heterocycles. The Morgan fingerprint density at radius 3 is 2.56 bits per heavy atom. The van der Waals surface area contributed by atoms with Crippen LogP contribution in [0.4, 0.5) is 10.8 Å². The summed E-state index contributed by atoms with van der Waals surface area (Å²) >= 11 is 7.59. The number of carbonyl (C=O) groups is 1. The third kappa shape index (κ3) is 4.78. The third-order valence-corrected chi connectivity index (χ3v) is 6.23. The number of hydrazone groups is 1. The Hall–Kier alpha value is -4.14. The van der Waals surface area contributed by atoms with Crippen molar-refractivity contribution in [3.63, 3.8) is 0 Å².